The average Bonchev–Trinajstić information content (AvgIpc) is 2.46. The van der Waals surface area contributed by atoms with Gasteiger partial charge in [0, 0.05) is 24.5 Å². The van der Waals surface area contributed by atoms with Gasteiger partial charge < -0.3 is 5.32 Å². The number of Topliss-reactive ketones (excluding diaryl/α,β-unsaturated/α-hetero) is 1. The molecule has 0 spiro atoms. The third-order valence-corrected chi connectivity index (χ3v) is 5.10. The summed E-state index contributed by atoms with van der Waals surface area (Å²) in [6.07, 6.45) is 3.06. The molecule has 0 aliphatic carbocycles. The third kappa shape index (κ3) is 4.89. The molecule has 0 radical (unpaired) electrons. The Morgan fingerprint density at radius 1 is 1.25 bits per heavy atom. The van der Waals surface area contributed by atoms with Crippen LogP contribution in [0.5, 0.6) is 0 Å². The van der Waals surface area contributed by atoms with Gasteiger partial charge in [-0.15, -0.1) is 0 Å². The second kappa shape index (κ2) is 7.57. The zero-order valence-electron chi connectivity index (χ0n) is 14.1. The third-order valence-electron chi connectivity index (χ3n) is 3.40. The summed E-state index contributed by atoms with van der Waals surface area (Å²) in [5, 5.41) is 3.10. The van der Waals surface area contributed by atoms with Gasteiger partial charge in [0.2, 0.25) is 0 Å². The molecule has 0 bridgehead atoms. The topological polar surface area (TPSA) is 76.1 Å². The lowest BCUT2D eigenvalue weighted by Gasteiger charge is -2.12. The molecule has 0 saturated heterocycles. The van der Waals surface area contributed by atoms with Crippen molar-refractivity contribution in [2.45, 2.75) is 32.1 Å². The largest absolute Gasteiger partial charge is 0.354 e. The van der Waals surface area contributed by atoms with Crippen molar-refractivity contribution in [1.82, 2.24) is 4.98 Å². The van der Waals surface area contributed by atoms with E-state index in [2.05, 4.69) is 10.3 Å². The number of aryl methyl sites for hydroxylation is 1. The minimum atomic E-state index is -3.74. The van der Waals surface area contributed by atoms with E-state index in [1.807, 2.05) is 45.0 Å². The second-order valence-corrected chi connectivity index (χ2v) is 8.22. The molecule has 0 aliphatic heterocycles. The first-order valence-electron chi connectivity index (χ1n) is 7.80. The lowest BCUT2D eigenvalue weighted by molar-refractivity contribution is -0.117. The fraction of sp³-hybridized carbons (Fsp3) is 0.333. The van der Waals surface area contributed by atoms with Crippen LogP contribution in [0.3, 0.4) is 0 Å². The van der Waals surface area contributed by atoms with Gasteiger partial charge in [0.1, 0.15) is 16.4 Å². The van der Waals surface area contributed by atoms with Crippen LogP contribution in [-0.4, -0.2) is 24.9 Å². The van der Waals surface area contributed by atoms with Gasteiger partial charge in [-0.3, -0.25) is 9.78 Å². The van der Waals surface area contributed by atoms with E-state index < -0.39 is 15.6 Å². The maximum atomic E-state index is 12.6. The number of carbonyl (C=O) groups is 1. The number of hydrogen-bond acceptors (Lipinski definition) is 5. The van der Waals surface area contributed by atoms with Crippen LogP contribution >= 0.6 is 0 Å². The molecule has 2 rings (SSSR count). The second-order valence-electron chi connectivity index (χ2n) is 6.26. The summed E-state index contributed by atoms with van der Waals surface area (Å²) in [7, 11) is -3.74. The number of benzene rings is 1. The summed E-state index contributed by atoms with van der Waals surface area (Å²) in [6.45, 7) is 5.73. The van der Waals surface area contributed by atoms with Gasteiger partial charge in [-0.25, -0.2) is 8.42 Å². The molecule has 0 atom stereocenters. The normalized spacial score (nSPS) is 11.5. The fourth-order valence-corrected chi connectivity index (χ4v) is 3.79. The van der Waals surface area contributed by atoms with Crippen molar-refractivity contribution < 1.29 is 13.2 Å². The molecule has 0 saturated carbocycles. The number of carbonyl (C=O) groups excluding carboxylic acids is 1. The highest BCUT2D eigenvalue weighted by molar-refractivity contribution is 7.92. The molecular weight excluding hydrogens is 324 g/mol. The van der Waals surface area contributed by atoms with Crippen molar-refractivity contribution in [3.8, 4) is 0 Å². The van der Waals surface area contributed by atoms with Gasteiger partial charge in [0.05, 0.1) is 5.69 Å². The lowest BCUT2D eigenvalue weighted by atomic mass is 10.1. The minimum Gasteiger partial charge on any atom is -0.354 e. The molecule has 128 valence electrons. The number of rotatable bonds is 7. The first-order chi connectivity index (χ1) is 11.3. The monoisotopic (exact) mass is 346 g/mol. The highest BCUT2D eigenvalue weighted by Crippen LogP contribution is 2.25. The number of hydrogen-bond donors (Lipinski definition) is 1. The molecule has 0 aliphatic rings. The number of ketones is 1. The molecule has 1 aromatic heterocycles. The van der Waals surface area contributed by atoms with Crippen molar-refractivity contribution in [2.75, 3.05) is 11.1 Å². The summed E-state index contributed by atoms with van der Waals surface area (Å²) >= 11 is 0. The Bertz CT molecular complexity index is 830. The average molecular weight is 346 g/mol. The predicted molar refractivity (Wildman–Crippen MR) is 95.2 cm³/mol. The van der Waals surface area contributed by atoms with Crippen LogP contribution < -0.4 is 5.32 Å². The van der Waals surface area contributed by atoms with Crippen LogP contribution in [0.2, 0.25) is 0 Å². The number of aromatic nitrogens is 1. The SMILES string of the molecule is Cc1cccc(Nc2ccncc2S(=O)(=O)CC(=O)CC(C)C)c1. The molecule has 5 nitrogen and oxygen atoms in total. The van der Waals surface area contributed by atoms with E-state index in [0.29, 0.717) is 5.69 Å². The van der Waals surface area contributed by atoms with Gasteiger partial charge >= 0.3 is 0 Å². The number of sulfone groups is 1. The summed E-state index contributed by atoms with van der Waals surface area (Å²) < 4.78 is 25.2. The zero-order chi connectivity index (χ0) is 17.7. The molecule has 0 amide bonds. The van der Waals surface area contributed by atoms with Crippen LogP contribution in [0.4, 0.5) is 11.4 Å². The van der Waals surface area contributed by atoms with E-state index in [4.69, 9.17) is 0 Å². The Balaban J connectivity index is 2.29. The molecule has 0 fully saturated rings. The summed E-state index contributed by atoms with van der Waals surface area (Å²) in [6, 6.07) is 9.22. The van der Waals surface area contributed by atoms with E-state index in [9.17, 15) is 13.2 Å². The van der Waals surface area contributed by atoms with Crippen LogP contribution in [-0.2, 0) is 14.6 Å². The molecule has 0 unspecified atom stereocenters. The minimum absolute atomic E-state index is 0.0450. The maximum Gasteiger partial charge on any atom is 0.189 e. The van der Waals surface area contributed by atoms with E-state index in [0.717, 1.165) is 11.3 Å². The summed E-state index contributed by atoms with van der Waals surface area (Å²) in [5.41, 5.74) is 2.27. The molecule has 1 heterocycles. The molecule has 6 heteroatoms. The Morgan fingerprint density at radius 2 is 2.00 bits per heavy atom. The van der Waals surface area contributed by atoms with Crippen molar-refractivity contribution in [1.29, 1.82) is 0 Å². The lowest BCUT2D eigenvalue weighted by Crippen LogP contribution is -2.18. The number of anilines is 2. The summed E-state index contributed by atoms with van der Waals surface area (Å²) in [5.74, 6) is -0.652. The summed E-state index contributed by atoms with van der Waals surface area (Å²) in [4.78, 5) is 15.9. The van der Waals surface area contributed by atoms with Gasteiger partial charge in [-0.1, -0.05) is 26.0 Å². The molecule has 2 aromatic rings. The van der Waals surface area contributed by atoms with Crippen molar-refractivity contribution >= 4 is 27.0 Å². The standard InChI is InChI=1S/C18H22N2O3S/c1-13(2)9-16(21)12-24(22,23)18-11-19-8-7-17(18)20-15-6-4-5-14(3)10-15/h4-8,10-11,13H,9,12H2,1-3H3,(H,19,20). The van der Waals surface area contributed by atoms with Crippen LogP contribution in [0.15, 0.2) is 47.6 Å². The first-order valence-corrected chi connectivity index (χ1v) is 9.45. The number of nitrogens with zero attached hydrogens (tertiary/aromatic N) is 1. The van der Waals surface area contributed by atoms with Gasteiger partial charge in [0.25, 0.3) is 0 Å². The van der Waals surface area contributed by atoms with Crippen molar-refractivity contribution in [3.63, 3.8) is 0 Å². The van der Waals surface area contributed by atoms with Crippen molar-refractivity contribution in [2.24, 2.45) is 5.92 Å². The number of pyridine rings is 1. The Labute approximate surface area is 143 Å². The van der Waals surface area contributed by atoms with E-state index in [1.54, 1.807) is 6.07 Å². The van der Waals surface area contributed by atoms with E-state index in [-0.39, 0.29) is 23.0 Å². The smallest absolute Gasteiger partial charge is 0.189 e. The van der Waals surface area contributed by atoms with Crippen LogP contribution in [0.25, 0.3) is 0 Å². The Morgan fingerprint density at radius 3 is 2.67 bits per heavy atom. The fourth-order valence-electron chi connectivity index (χ4n) is 2.41. The molecule has 1 N–H and O–H groups in total. The van der Waals surface area contributed by atoms with Gasteiger partial charge in [-0.05, 0) is 36.6 Å². The first kappa shape index (κ1) is 18.1. The highest BCUT2D eigenvalue weighted by Gasteiger charge is 2.23. The van der Waals surface area contributed by atoms with Gasteiger partial charge in [0.15, 0.2) is 9.84 Å². The molecular formula is C18H22N2O3S. The van der Waals surface area contributed by atoms with Crippen LogP contribution in [0.1, 0.15) is 25.8 Å². The highest BCUT2D eigenvalue weighted by atomic mass is 32.2. The van der Waals surface area contributed by atoms with Gasteiger partial charge in [-0.2, -0.15) is 0 Å². The predicted octanol–water partition coefficient (Wildman–Crippen LogP) is 3.52. The van der Waals surface area contributed by atoms with E-state index >= 15 is 0 Å². The quantitative estimate of drug-likeness (QED) is 0.830. The maximum absolute atomic E-state index is 12.6. The molecule has 1 aromatic carbocycles. The zero-order valence-corrected chi connectivity index (χ0v) is 14.9. The van der Waals surface area contributed by atoms with Crippen molar-refractivity contribution in [3.05, 3.63) is 48.3 Å². The Hall–Kier alpha value is -2.21. The molecule has 24 heavy (non-hydrogen) atoms. The Kier molecular flexibility index (Phi) is 5.72. The number of nitrogens with one attached hydrogen (secondary N) is 1. The van der Waals surface area contributed by atoms with E-state index in [1.165, 1.54) is 12.4 Å². The van der Waals surface area contributed by atoms with Crippen LogP contribution in [0, 0.1) is 12.8 Å².